The standard InChI is InChI=1S/C10H9ClN4O2S/c1-6-5-18-9(13-6)4-12-10-7(15(16)17)2-3-8(11)14-10/h2-3,5H,4H2,1H3,(H,12,14). The first kappa shape index (κ1) is 12.7. The molecule has 2 aromatic heterocycles. The lowest BCUT2D eigenvalue weighted by Crippen LogP contribution is -2.04. The Kier molecular flexibility index (Phi) is 3.73. The van der Waals surface area contributed by atoms with Crippen molar-refractivity contribution >= 4 is 34.4 Å². The molecule has 0 aliphatic heterocycles. The quantitative estimate of drug-likeness (QED) is 0.530. The van der Waals surface area contributed by atoms with Gasteiger partial charge in [-0.2, -0.15) is 0 Å². The van der Waals surface area contributed by atoms with E-state index in [0.717, 1.165) is 10.7 Å². The van der Waals surface area contributed by atoms with Crippen LogP contribution in [0.4, 0.5) is 11.5 Å². The number of nitro groups is 1. The lowest BCUT2D eigenvalue weighted by Gasteiger charge is -2.04. The molecule has 0 bridgehead atoms. The lowest BCUT2D eigenvalue weighted by atomic mass is 10.4. The Morgan fingerprint density at radius 1 is 1.50 bits per heavy atom. The Balaban J connectivity index is 2.17. The monoisotopic (exact) mass is 284 g/mol. The molecule has 0 saturated carbocycles. The van der Waals surface area contributed by atoms with Crippen LogP contribution in [0.3, 0.4) is 0 Å². The molecular weight excluding hydrogens is 276 g/mol. The maximum Gasteiger partial charge on any atom is 0.311 e. The summed E-state index contributed by atoms with van der Waals surface area (Å²) in [4.78, 5) is 18.5. The first-order valence-electron chi connectivity index (χ1n) is 5.02. The van der Waals surface area contributed by atoms with E-state index in [9.17, 15) is 10.1 Å². The third-order valence-electron chi connectivity index (χ3n) is 2.11. The zero-order valence-corrected chi connectivity index (χ0v) is 11.0. The van der Waals surface area contributed by atoms with Crippen LogP contribution in [0.25, 0.3) is 0 Å². The van der Waals surface area contributed by atoms with Gasteiger partial charge in [-0.1, -0.05) is 11.6 Å². The summed E-state index contributed by atoms with van der Waals surface area (Å²) in [5.41, 5.74) is 0.818. The van der Waals surface area contributed by atoms with Gasteiger partial charge in [0.25, 0.3) is 0 Å². The van der Waals surface area contributed by atoms with E-state index >= 15 is 0 Å². The van der Waals surface area contributed by atoms with E-state index in [1.54, 1.807) is 0 Å². The molecule has 2 heterocycles. The fourth-order valence-corrected chi connectivity index (χ4v) is 2.21. The van der Waals surface area contributed by atoms with Crippen molar-refractivity contribution in [1.82, 2.24) is 9.97 Å². The number of nitrogens with one attached hydrogen (secondary N) is 1. The molecule has 2 rings (SSSR count). The van der Waals surface area contributed by atoms with E-state index in [1.807, 2.05) is 12.3 Å². The average Bonchev–Trinajstić information content (AvgIpc) is 2.72. The maximum atomic E-state index is 10.8. The molecule has 8 heteroatoms. The number of halogens is 1. The minimum Gasteiger partial charge on any atom is -0.358 e. The molecule has 0 atom stereocenters. The van der Waals surface area contributed by atoms with Crippen LogP contribution in [-0.4, -0.2) is 14.9 Å². The Bertz CT molecular complexity index is 587. The van der Waals surface area contributed by atoms with Gasteiger partial charge in [-0.25, -0.2) is 9.97 Å². The van der Waals surface area contributed by atoms with E-state index in [-0.39, 0.29) is 16.7 Å². The number of hydrogen-bond acceptors (Lipinski definition) is 6. The molecule has 0 aliphatic rings. The van der Waals surface area contributed by atoms with Gasteiger partial charge in [0.05, 0.1) is 11.5 Å². The third-order valence-corrected chi connectivity index (χ3v) is 3.29. The summed E-state index contributed by atoms with van der Waals surface area (Å²) in [6.45, 7) is 2.27. The highest BCUT2D eigenvalue weighted by molar-refractivity contribution is 7.09. The first-order valence-corrected chi connectivity index (χ1v) is 6.28. The number of pyridine rings is 1. The van der Waals surface area contributed by atoms with Crippen LogP contribution < -0.4 is 5.32 Å². The smallest absolute Gasteiger partial charge is 0.311 e. The minimum atomic E-state index is -0.501. The zero-order chi connectivity index (χ0) is 13.1. The summed E-state index contributed by atoms with van der Waals surface area (Å²) in [6, 6.07) is 2.71. The first-order chi connectivity index (χ1) is 8.56. The largest absolute Gasteiger partial charge is 0.358 e. The Hall–Kier alpha value is -1.73. The van der Waals surface area contributed by atoms with Gasteiger partial charge in [0.1, 0.15) is 10.2 Å². The Morgan fingerprint density at radius 2 is 2.28 bits per heavy atom. The van der Waals surface area contributed by atoms with E-state index in [4.69, 9.17) is 11.6 Å². The van der Waals surface area contributed by atoms with Gasteiger partial charge in [0, 0.05) is 17.1 Å². The van der Waals surface area contributed by atoms with Gasteiger partial charge >= 0.3 is 5.69 Å². The number of aryl methyl sites for hydroxylation is 1. The number of aromatic nitrogens is 2. The summed E-state index contributed by atoms with van der Waals surface area (Å²) in [6.07, 6.45) is 0. The van der Waals surface area contributed by atoms with Crippen LogP contribution in [0, 0.1) is 17.0 Å². The number of hydrogen-bond donors (Lipinski definition) is 1. The molecule has 1 N–H and O–H groups in total. The predicted molar refractivity (Wildman–Crippen MR) is 70.1 cm³/mol. The van der Waals surface area contributed by atoms with Gasteiger partial charge < -0.3 is 5.32 Å². The summed E-state index contributed by atoms with van der Waals surface area (Å²) < 4.78 is 0. The van der Waals surface area contributed by atoms with Crippen LogP contribution >= 0.6 is 22.9 Å². The molecule has 94 valence electrons. The second kappa shape index (κ2) is 5.28. The summed E-state index contributed by atoms with van der Waals surface area (Å²) >= 11 is 7.20. The molecule has 0 aliphatic carbocycles. The van der Waals surface area contributed by atoms with E-state index < -0.39 is 4.92 Å². The van der Waals surface area contributed by atoms with Crippen LogP contribution in [0.1, 0.15) is 10.7 Å². The van der Waals surface area contributed by atoms with Crippen molar-refractivity contribution in [2.24, 2.45) is 0 Å². The highest BCUT2D eigenvalue weighted by atomic mass is 35.5. The van der Waals surface area contributed by atoms with Gasteiger partial charge in [-0.15, -0.1) is 11.3 Å². The normalized spacial score (nSPS) is 10.3. The SMILES string of the molecule is Cc1csc(CNc2nc(Cl)ccc2[N+](=O)[O-])n1. The molecule has 0 spiro atoms. The summed E-state index contributed by atoms with van der Waals surface area (Å²) in [7, 11) is 0. The number of anilines is 1. The molecule has 0 aromatic carbocycles. The van der Waals surface area contributed by atoms with Crippen LogP contribution in [0.5, 0.6) is 0 Å². The summed E-state index contributed by atoms with van der Waals surface area (Å²) in [5.74, 6) is 0.153. The number of nitrogens with zero attached hydrogens (tertiary/aromatic N) is 3. The molecule has 18 heavy (non-hydrogen) atoms. The minimum absolute atomic E-state index is 0.104. The van der Waals surface area contributed by atoms with Crippen molar-refractivity contribution in [2.45, 2.75) is 13.5 Å². The van der Waals surface area contributed by atoms with Crippen molar-refractivity contribution in [1.29, 1.82) is 0 Å². The number of rotatable bonds is 4. The van der Waals surface area contributed by atoms with Gasteiger partial charge in [0.2, 0.25) is 5.82 Å². The summed E-state index contributed by atoms with van der Waals surface area (Å²) in [5, 5.41) is 16.7. The molecule has 0 fully saturated rings. The maximum absolute atomic E-state index is 10.8. The molecule has 2 aromatic rings. The van der Waals surface area contributed by atoms with Gasteiger partial charge in [-0.05, 0) is 13.0 Å². The number of thiazole rings is 1. The van der Waals surface area contributed by atoms with E-state index in [2.05, 4.69) is 15.3 Å². The van der Waals surface area contributed by atoms with Crippen LogP contribution in [0.15, 0.2) is 17.5 Å². The highest BCUT2D eigenvalue weighted by Gasteiger charge is 2.15. The predicted octanol–water partition coefficient (Wildman–Crippen LogP) is 3.02. The molecule has 0 saturated heterocycles. The second-order valence-corrected chi connectivity index (χ2v) is 4.82. The highest BCUT2D eigenvalue weighted by Crippen LogP contribution is 2.24. The molecule has 0 unspecified atom stereocenters. The van der Waals surface area contributed by atoms with E-state index in [0.29, 0.717) is 6.54 Å². The molecule has 0 radical (unpaired) electrons. The average molecular weight is 285 g/mol. The van der Waals surface area contributed by atoms with Crippen LogP contribution in [-0.2, 0) is 6.54 Å². The molecule has 0 amide bonds. The lowest BCUT2D eigenvalue weighted by molar-refractivity contribution is -0.384. The van der Waals surface area contributed by atoms with E-state index in [1.165, 1.54) is 23.5 Å². The Labute approximate surface area is 112 Å². The van der Waals surface area contributed by atoms with Crippen molar-refractivity contribution in [3.05, 3.63) is 43.5 Å². The van der Waals surface area contributed by atoms with Gasteiger partial charge in [0.15, 0.2) is 0 Å². The van der Waals surface area contributed by atoms with Crippen molar-refractivity contribution in [3.8, 4) is 0 Å². The zero-order valence-electron chi connectivity index (χ0n) is 9.38. The third kappa shape index (κ3) is 2.93. The molecular formula is C10H9ClN4O2S. The van der Waals surface area contributed by atoms with Crippen LogP contribution in [0.2, 0.25) is 5.15 Å². The fraction of sp³-hybridized carbons (Fsp3) is 0.200. The topological polar surface area (TPSA) is 81.0 Å². The Morgan fingerprint density at radius 3 is 2.89 bits per heavy atom. The van der Waals surface area contributed by atoms with Gasteiger partial charge in [-0.3, -0.25) is 10.1 Å². The van der Waals surface area contributed by atoms with Crippen molar-refractivity contribution < 1.29 is 4.92 Å². The van der Waals surface area contributed by atoms with Crippen molar-refractivity contribution in [3.63, 3.8) is 0 Å². The fourth-order valence-electron chi connectivity index (χ4n) is 1.35. The van der Waals surface area contributed by atoms with Crippen molar-refractivity contribution in [2.75, 3.05) is 5.32 Å². The second-order valence-electron chi connectivity index (χ2n) is 3.49. The molecule has 6 nitrogen and oxygen atoms in total.